The second-order valence-corrected chi connectivity index (χ2v) is 11.7. The number of aromatic nitrogens is 2. The quantitative estimate of drug-likeness (QED) is 0.193. The molecule has 5 rings (SSSR count). The fourth-order valence-corrected chi connectivity index (χ4v) is 5.95. The zero-order valence-electron chi connectivity index (χ0n) is 24.6. The first kappa shape index (κ1) is 31.0. The highest BCUT2D eigenvalue weighted by Gasteiger charge is 2.29. The lowest BCUT2D eigenvalue weighted by molar-refractivity contribution is -0.127. The molecule has 0 bridgehead atoms. The molecule has 0 aliphatic heterocycles. The van der Waals surface area contributed by atoms with Crippen LogP contribution in [-0.4, -0.2) is 41.3 Å². The van der Waals surface area contributed by atoms with Crippen molar-refractivity contribution in [2.75, 3.05) is 18.5 Å². The summed E-state index contributed by atoms with van der Waals surface area (Å²) in [5.41, 5.74) is 15.1. The molecule has 1 aliphatic rings. The van der Waals surface area contributed by atoms with Crippen LogP contribution in [0.5, 0.6) is 0 Å². The van der Waals surface area contributed by atoms with Gasteiger partial charge in [-0.1, -0.05) is 54.1 Å². The van der Waals surface area contributed by atoms with Gasteiger partial charge < -0.3 is 26.7 Å². The van der Waals surface area contributed by atoms with Crippen LogP contribution in [0.2, 0.25) is 5.15 Å². The Labute approximate surface area is 262 Å². The summed E-state index contributed by atoms with van der Waals surface area (Å²) >= 11 is 6.63. The van der Waals surface area contributed by atoms with Gasteiger partial charge in [0.15, 0.2) is 0 Å². The van der Waals surface area contributed by atoms with E-state index in [0.717, 1.165) is 36.9 Å². The highest BCUT2D eigenvalue weighted by Crippen LogP contribution is 2.32. The molecule has 1 heterocycles. The van der Waals surface area contributed by atoms with Crippen LogP contribution in [0.3, 0.4) is 0 Å². The molecule has 0 spiro atoms. The number of aromatic amines is 1. The third-order valence-corrected chi connectivity index (χ3v) is 8.65. The fraction of sp³-hybridized carbons (Fsp3) is 0.294. The second-order valence-electron chi connectivity index (χ2n) is 11.3. The van der Waals surface area contributed by atoms with Crippen molar-refractivity contribution < 1.29 is 14.4 Å². The van der Waals surface area contributed by atoms with Crippen molar-refractivity contribution in [3.8, 4) is 11.3 Å². The molecule has 1 atom stereocenters. The third-order valence-electron chi connectivity index (χ3n) is 8.38. The van der Waals surface area contributed by atoms with Crippen molar-refractivity contribution in [1.29, 1.82) is 0 Å². The van der Waals surface area contributed by atoms with Crippen molar-refractivity contribution in [3.63, 3.8) is 0 Å². The number of nitrogens with two attached hydrogens (primary N) is 2. The van der Waals surface area contributed by atoms with Crippen molar-refractivity contribution >= 4 is 35.0 Å². The van der Waals surface area contributed by atoms with Crippen LogP contribution in [0.1, 0.15) is 63.8 Å². The molecule has 3 amide bonds. The highest BCUT2D eigenvalue weighted by atomic mass is 35.5. The molecule has 228 valence electrons. The number of primary amides is 1. The molecule has 6 N–H and O–H groups in total. The monoisotopic (exact) mass is 612 g/mol. The second kappa shape index (κ2) is 13.9. The molecular weight excluding hydrogens is 576 g/mol. The van der Waals surface area contributed by atoms with E-state index >= 15 is 0 Å². The number of rotatable bonds is 10. The van der Waals surface area contributed by atoms with Gasteiger partial charge in [-0.05, 0) is 86.5 Å². The van der Waals surface area contributed by atoms with Crippen LogP contribution in [0.25, 0.3) is 11.3 Å². The maximum atomic E-state index is 13.5. The number of nitrogens with one attached hydrogen (secondary N) is 2. The summed E-state index contributed by atoms with van der Waals surface area (Å²) in [5, 5.41) is 3.55. The van der Waals surface area contributed by atoms with Gasteiger partial charge in [0, 0.05) is 35.3 Å². The smallest absolute Gasteiger partial charge is 0.258 e. The molecule has 1 saturated carbocycles. The Hall–Kier alpha value is -4.47. The van der Waals surface area contributed by atoms with E-state index in [-0.39, 0.29) is 17.7 Å². The van der Waals surface area contributed by atoms with Crippen LogP contribution in [0.4, 0.5) is 5.69 Å². The van der Waals surface area contributed by atoms with Crippen LogP contribution in [0, 0.1) is 11.8 Å². The molecule has 4 aromatic rings. The number of nitrogens with zero attached hydrogens (tertiary/aromatic N) is 2. The van der Waals surface area contributed by atoms with E-state index in [2.05, 4.69) is 10.3 Å². The van der Waals surface area contributed by atoms with Crippen molar-refractivity contribution in [2.45, 2.75) is 38.1 Å². The predicted octanol–water partition coefficient (Wildman–Crippen LogP) is 5.27. The molecule has 1 aliphatic carbocycles. The Morgan fingerprint density at radius 1 is 0.977 bits per heavy atom. The third kappa shape index (κ3) is 7.18. The lowest BCUT2D eigenvalue weighted by Gasteiger charge is -2.28. The summed E-state index contributed by atoms with van der Waals surface area (Å²) in [5.74, 6) is 0.190. The fourth-order valence-electron chi connectivity index (χ4n) is 5.70. The summed E-state index contributed by atoms with van der Waals surface area (Å²) in [6.45, 7) is 0.641. The maximum Gasteiger partial charge on any atom is 0.258 e. The normalized spacial score (nSPS) is 17.1. The number of hydrogen-bond acceptors (Lipinski definition) is 5. The van der Waals surface area contributed by atoms with Gasteiger partial charge in [-0.2, -0.15) is 0 Å². The summed E-state index contributed by atoms with van der Waals surface area (Å²) < 4.78 is 0. The summed E-state index contributed by atoms with van der Waals surface area (Å²) in [4.78, 5) is 47.8. The number of carbonyl (C=O) groups is 3. The Morgan fingerprint density at radius 3 is 2.34 bits per heavy atom. The standard InChI is InChI=1S/C34H37ClN6O3/c1-41(34(44)26-7-3-2-4-8-26)27-9-5-6-22(18-27)19-28(38-33(43)25-12-10-21(20-36)11-13-25)32-39-29(30(35)40-32)23-14-16-24(17-15-23)31(37)42/h2-9,14-18,21,25,28H,10-13,19-20,36H2,1H3,(H2,37,42)(H,38,43)(H,39,40)/t21-,25-,28?. The Balaban J connectivity index is 1.41. The Kier molecular flexibility index (Phi) is 9.77. The molecule has 1 aromatic heterocycles. The van der Waals surface area contributed by atoms with E-state index in [1.165, 1.54) is 0 Å². The Bertz CT molecular complexity index is 1610. The molecule has 3 aromatic carbocycles. The molecule has 1 fully saturated rings. The van der Waals surface area contributed by atoms with Gasteiger partial charge in [0.1, 0.15) is 16.7 Å². The summed E-state index contributed by atoms with van der Waals surface area (Å²) in [6.07, 6.45) is 3.86. The van der Waals surface area contributed by atoms with E-state index in [0.29, 0.717) is 52.2 Å². The number of anilines is 1. The van der Waals surface area contributed by atoms with Gasteiger partial charge >= 0.3 is 0 Å². The molecule has 44 heavy (non-hydrogen) atoms. The number of H-pyrrole nitrogens is 1. The number of halogens is 1. The lowest BCUT2D eigenvalue weighted by Crippen LogP contribution is -2.37. The van der Waals surface area contributed by atoms with Gasteiger partial charge in [0.05, 0.1) is 6.04 Å². The molecular formula is C34H37ClN6O3. The minimum absolute atomic E-state index is 0.0297. The molecule has 0 saturated heterocycles. The van der Waals surface area contributed by atoms with Gasteiger partial charge in [-0.15, -0.1) is 0 Å². The van der Waals surface area contributed by atoms with Gasteiger partial charge in [-0.3, -0.25) is 14.4 Å². The lowest BCUT2D eigenvalue weighted by atomic mass is 9.81. The van der Waals surface area contributed by atoms with Crippen LogP contribution >= 0.6 is 11.6 Å². The first-order chi connectivity index (χ1) is 21.2. The zero-order chi connectivity index (χ0) is 31.2. The van der Waals surface area contributed by atoms with Gasteiger partial charge in [-0.25, -0.2) is 4.98 Å². The van der Waals surface area contributed by atoms with E-state index in [1.807, 2.05) is 42.5 Å². The minimum atomic E-state index is -0.521. The number of benzene rings is 3. The predicted molar refractivity (Wildman–Crippen MR) is 172 cm³/mol. The molecule has 10 heteroatoms. The molecule has 1 unspecified atom stereocenters. The summed E-state index contributed by atoms with van der Waals surface area (Å²) in [6, 6.07) is 23.0. The minimum Gasteiger partial charge on any atom is -0.366 e. The van der Waals surface area contributed by atoms with E-state index in [9.17, 15) is 14.4 Å². The number of hydrogen-bond donors (Lipinski definition) is 4. The van der Waals surface area contributed by atoms with Gasteiger partial charge in [0.2, 0.25) is 11.8 Å². The van der Waals surface area contributed by atoms with E-state index in [4.69, 9.17) is 28.1 Å². The molecule has 9 nitrogen and oxygen atoms in total. The number of amides is 3. The Morgan fingerprint density at radius 2 is 1.68 bits per heavy atom. The zero-order valence-corrected chi connectivity index (χ0v) is 25.4. The van der Waals surface area contributed by atoms with Crippen LogP contribution in [0.15, 0.2) is 78.9 Å². The van der Waals surface area contributed by atoms with Crippen molar-refractivity contribution in [1.82, 2.24) is 15.3 Å². The van der Waals surface area contributed by atoms with Crippen LogP contribution in [-0.2, 0) is 11.2 Å². The highest BCUT2D eigenvalue weighted by molar-refractivity contribution is 6.31. The average Bonchev–Trinajstić information content (AvgIpc) is 3.45. The largest absolute Gasteiger partial charge is 0.366 e. The topological polar surface area (TPSA) is 147 Å². The first-order valence-corrected chi connectivity index (χ1v) is 15.2. The SMILES string of the molecule is CN(C(=O)c1ccccc1)c1cccc(CC(NC(=O)[C@H]2CC[C@H](CN)CC2)c2nc(-c3ccc(C(N)=O)cc3)c(Cl)[nH]2)c1. The maximum absolute atomic E-state index is 13.5. The number of imidazole rings is 1. The average molecular weight is 613 g/mol. The van der Waals surface area contributed by atoms with E-state index < -0.39 is 11.9 Å². The summed E-state index contributed by atoms with van der Waals surface area (Å²) in [7, 11) is 1.74. The van der Waals surface area contributed by atoms with E-state index in [1.54, 1.807) is 48.3 Å². The van der Waals surface area contributed by atoms with Crippen molar-refractivity contribution in [2.24, 2.45) is 23.3 Å². The van der Waals surface area contributed by atoms with Crippen molar-refractivity contribution in [3.05, 3.63) is 107 Å². The van der Waals surface area contributed by atoms with Crippen LogP contribution < -0.4 is 21.7 Å². The first-order valence-electron chi connectivity index (χ1n) is 14.8. The van der Waals surface area contributed by atoms with Gasteiger partial charge in [0.25, 0.3) is 5.91 Å². The molecule has 0 radical (unpaired) electrons. The number of carbonyl (C=O) groups excluding carboxylic acids is 3.